The first-order valence-corrected chi connectivity index (χ1v) is 6.78. The van der Waals surface area contributed by atoms with E-state index in [2.05, 4.69) is 20.3 Å². The van der Waals surface area contributed by atoms with Crippen LogP contribution in [0.25, 0.3) is 0 Å². The van der Waals surface area contributed by atoms with Crippen LogP contribution >= 0.6 is 0 Å². The fraction of sp³-hybridized carbons (Fsp3) is 0.357. The summed E-state index contributed by atoms with van der Waals surface area (Å²) in [5.74, 6) is -0.104. The van der Waals surface area contributed by atoms with Crippen LogP contribution in [0.1, 0.15) is 20.3 Å². The maximum Gasteiger partial charge on any atom is 0.330 e. The van der Waals surface area contributed by atoms with Crippen molar-refractivity contribution in [2.45, 2.75) is 20.3 Å². The van der Waals surface area contributed by atoms with Crippen LogP contribution in [0.3, 0.4) is 0 Å². The predicted molar refractivity (Wildman–Crippen MR) is 76.3 cm³/mol. The van der Waals surface area contributed by atoms with E-state index in [0.29, 0.717) is 19.1 Å². The summed E-state index contributed by atoms with van der Waals surface area (Å²) >= 11 is 0. The smallest absolute Gasteiger partial charge is 0.330 e. The highest BCUT2D eigenvalue weighted by atomic mass is 19.1. The molecule has 0 aliphatic carbocycles. The van der Waals surface area contributed by atoms with Gasteiger partial charge in [0.05, 0.1) is 6.61 Å². The molecule has 0 aliphatic heterocycles. The first-order valence-electron chi connectivity index (χ1n) is 6.78. The number of para-hydroxylation sites is 1. The molecule has 0 aliphatic rings. The van der Waals surface area contributed by atoms with E-state index in [0.717, 1.165) is 6.42 Å². The Hall–Kier alpha value is -2.44. The predicted octanol–water partition coefficient (Wildman–Crippen LogP) is 3.02. The summed E-state index contributed by atoms with van der Waals surface area (Å²) in [6, 6.07) is 6.17. The van der Waals surface area contributed by atoms with Crippen LogP contribution in [0.15, 0.2) is 24.3 Å². The second-order valence-corrected chi connectivity index (χ2v) is 4.12. The summed E-state index contributed by atoms with van der Waals surface area (Å²) in [5.41, 5.74) is 0. The Balaban J connectivity index is 2.24. The van der Waals surface area contributed by atoms with Crippen LogP contribution in [0.4, 0.5) is 10.3 Å². The molecule has 1 N–H and O–H groups in total. The minimum atomic E-state index is -0.487. The van der Waals surface area contributed by atoms with Crippen molar-refractivity contribution in [3.8, 4) is 17.8 Å². The molecule has 0 radical (unpaired) electrons. The van der Waals surface area contributed by atoms with E-state index in [1.165, 1.54) is 12.1 Å². The van der Waals surface area contributed by atoms with Crippen molar-refractivity contribution in [2.24, 2.45) is 0 Å². The van der Waals surface area contributed by atoms with Crippen LogP contribution in [0.5, 0.6) is 17.8 Å². The number of hydrogen-bond donors (Lipinski definition) is 1. The van der Waals surface area contributed by atoms with Gasteiger partial charge in [0, 0.05) is 6.54 Å². The third-order valence-corrected chi connectivity index (χ3v) is 2.44. The molecule has 1 heterocycles. The summed E-state index contributed by atoms with van der Waals surface area (Å²) in [6.07, 6.45) is 0.916. The molecule has 6 nitrogen and oxygen atoms in total. The van der Waals surface area contributed by atoms with E-state index >= 15 is 0 Å². The van der Waals surface area contributed by atoms with Gasteiger partial charge in [0.2, 0.25) is 5.95 Å². The number of rotatable bonds is 7. The second-order valence-electron chi connectivity index (χ2n) is 4.12. The van der Waals surface area contributed by atoms with E-state index in [-0.39, 0.29) is 17.8 Å². The Labute approximate surface area is 122 Å². The van der Waals surface area contributed by atoms with Crippen LogP contribution < -0.4 is 14.8 Å². The lowest BCUT2D eigenvalue weighted by molar-refractivity contribution is 0.302. The Bertz CT molecular complexity index is 595. The molecule has 0 fully saturated rings. The van der Waals surface area contributed by atoms with Crippen molar-refractivity contribution < 1.29 is 13.9 Å². The Morgan fingerprint density at radius 1 is 1.10 bits per heavy atom. The molecule has 1 aromatic carbocycles. The molecule has 2 aromatic rings. The van der Waals surface area contributed by atoms with Gasteiger partial charge in [0.25, 0.3) is 0 Å². The van der Waals surface area contributed by atoms with Gasteiger partial charge in [-0.2, -0.15) is 9.97 Å². The lowest BCUT2D eigenvalue weighted by Crippen LogP contribution is -2.08. The number of ether oxygens (including phenoxy) is 2. The van der Waals surface area contributed by atoms with Gasteiger partial charge < -0.3 is 14.8 Å². The zero-order chi connectivity index (χ0) is 15.1. The molecule has 0 amide bonds. The van der Waals surface area contributed by atoms with Gasteiger partial charge in [-0.15, -0.1) is 4.98 Å². The van der Waals surface area contributed by atoms with Gasteiger partial charge in [-0.05, 0) is 25.5 Å². The molecule has 112 valence electrons. The Kier molecular flexibility index (Phi) is 5.25. The number of benzene rings is 1. The molecule has 0 bridgehead atoms. The monoisotopic (exact) mass is 292 g/mol. The maximum atomic E-state index is 13.6. The number of aromatic nitrogens is 3. The van der Waals surface area contributed by atoms with Gasteiger partial charge in [0.1, 0.15) is 0 Å². The molecule has 0 atom stereocenters. The van der Waals surface area contributed by atoms with E-state index in [9.17, 15) is 4.39 Å². The van der Waals surface area contributed by atoms with Crippen LogP contribution in [-0.2, 0) is 0 Å². The third-order valence-electron chi connectivity index (χ3n) is 2.44. The first-order chi connectivity index (χ1) is 10.2. The number of nitrogens with one attached hydrogen (secondary N) is 1. The molecular formula is C14H17FN4O2. The lowest BCUT2D eigenvalue weighted by Gasteiger charge is -2.09. The van der Waals surface area contributed by atoms with E-state index in [4.69, 9.17) is 9.47 Å². The van der Waals surface area contributed by atoms with Crippen molar-refractivity contribution in [3.05, 3.63) is 30.1 Å². The standard InChI is InChI=1S/C14H17FN4O2/c1-3-9-16-12-17-13(20-4-2)19-14(18-12)21-11-8-6-5-7-10(11)15/h5-8H,3-4,9H2,1-2H3,(H,16,17,18,19). The highest BCUT2D eigenvalue weighted by Crippen LogP contribution is 2.23. The summed E-state index contributed by atoms with van der Waals surface area (Å²) in [7, 11) is 0. The largest absolute Gasteiger partial charge is 0.464 e. The minimum absolute atomic E-state index is 0.0165. The zero-order valence-electron chi connectivity index (χ0n) is 12.0. The number of anilines is 1. The molecule has 1 aromatic heterocycles. The maximum absolute atomic E-state index is 13.6. The summed E-state index contributed by atoms with van der Waals surface area (Å²) < 4.78 is 24.2. The van der Waals surface area contributed by atoms with Crippen LogP contribution in [-0.4, -0.2) is 28.1 Å². The molecule has 0 saturated carbocycles. The molecular weight excluding hydrogens is 275 g/mol. The van der Waals surface area contributed by atoms with E-state index < -0.39 is 5.82 Å². The topological polar surface area (TPSA) is 69.2 Å². The number of halogens is 1. The van der Waals surface area contributed by atoms with E-state index in [1.807, 2.05) is 13.8 Å². The summed E-state index contributed by atoms with van der Waals surface area (Å²) in [6.45, 7) is 4.96. The van der Waals surface area contributed by atoms with Gasteiger partial charge in [-0.1, -0.05) is 19.1 Å². The molecule has 0 saturated heterocycles. The highest BCUT2D eigenvalue weighted by Gasteiger charge is 2.11. The highest BCUT2D eigenvalue weighted by molar-refractivity contribution is 5.31. The van der Waals surface area contributed by atoms with Crippen molar-refractivity contribution in [1.82, 2.24) is 15.0 Å². The summed E-state index contributed by atoms with van der Waals surface area (Å²) in [5, 5.41) is 3.02. The van der Waals surface area contributed by atoms with Crippen LogP contribution in [0, 0.1) is 5.82 Å². The summed E-state index contributed by atoms with van der Waals surface area (Å²) in [4.78, 5) is 12.2. The zero-order valence-corrected chi connectivity index (χ0v) is 12.0. The Morgan fingerprint density at radius 2 is 1.86 bits per heavy atom. The lowest BCUT2D eigenvalue weighted by atomic mass is 10.3. The third kappa shape index (κ3) is 4.27. The van der Waals surface area contributed by atoms with Gasteiger partial charge in [-0.25, -0.2) is 4.39 Å². The normalized spacial score (nSPS) is 10.2. The minimum Gasteiger partial charge on any atom is -0.464 e. The average molecular weight is 292 g/mol. The molecule has 0 unspecified atom stereocenters. The SMILES string of the molecule is CCCNc1nc(OCC)nc(Oc2ccccc2F)n1. The quantitative estimate of drug-likeness (QED) is 0.846. The fourth-order valence-electron chi connectivity index (χ4n) is 1.52. The first kappa shape index (κ1) is 15.0. The average Bonchev–Trinajstić information content (AvgIpc) is 2.48. The van der Waals surface area contributed by atoms with Crippen LogP contribution in [0.2, 0.25) is 0 Å². The number of nitrogens with zero attached hydrogens (tertiary/aromatic N) is 3. The van der Waals surface area contributed by atoms with Crippen molar-refractivity contribution >= 4 is 5.95 Å². The second kappa shape index (κ2) is 7.37. The fourth-order valence-corrected chi connectivity index (χ4v) is 1.52. The number of hydrogen-bond acceptors (Lipinski definition) is 6. The van der Waals surface area contributed by atoms with Crippen molar-refractivity contribution in [1.29, 1.82) is 0 Å². The van der Waals surface area contributed by atoms with Gasteiger partial charge >= 0.3 is 12.0 Å². The molecule has 7 heteroatoms. The van der Waals surface area contributed by atoms with Crippen molar-refractivity contribution in [3.63, 3.8) is 0 Å². The van der Waals surface area contributed by atoms with E-state index in [1.54, 1.807) is 12.1 Å². The van der Waals surface area contributed by atoms with Crippen molar-refractivity contribution in [2.75, 3.05) is 18.5 Å². The molecule has 0 spiro atoms. The Morgan fingerprint density at radius 3 is 2.57 bits per heavy atom. The molecule has 21 heavy (non-hydrogen) atoms. The van der Waals surface area contributed by atoms with Gasteiger partial charge in [-0.3, -0.25) is 0 Å². The molecule has 2 rings (SSSR count). The van der Waals surface area contributed by atoms with Gasteiger partial charge in [0.15, 0.2) is 11.6 Å².